The van der Waals surface area contributed by atoms with Gasteiger partial charge in [0.1, 0.15) is 0 Å². The number of benzene rings is 1. The van der Waals surface area contributed by atoms with Crippen molar-refractivity contribution in [1.29, 1.82) is 0 Å². The van der Waals surface area contributed by atoms with Gasteiger partial charge in [0.15, 0.2) is 0 Å². The van der Waals surface area contributed by atoms with Crippen LogP contribution in [0.15, 0.2) is 40.5 Å². The molecule has 0 saturated carbocycles. The van der Waals surface area contributed by atoms with E-state index in [1.165, 1.54) is 61.0 Å². The standard InChI is InChI=1S/C12H13O.3C4H9.Sn/c1-3-11(12(13)4-2)10-8-6-5-7-9-10;3*1-3-4-2;/h5-9,11H,1,4H2,2H3;3*1,3-4H2,2H3;. The van der Waals surface area contributed by atoms with Crippen molar-refractivity contribution in [3.05, 3.63) is 46.1 Å². The number of ketones is 1. The predicted octanol–water partition coefficient (Wildman–Crippen LogP) is 7.69. The van der Waals surface area contributed by atoms with Crippen LogP contribution < -0.4 is 0 Å². The van der Waals surface area contributed by atoms with Crippen LogP contribution in [0.25, 0.3) is 0 Å². The molecule has 0 radical (unpaired) electrons. The van der Waals surface area contributed by atoms with Crippen LogP contribution in [0.5, 0.6) is 0 Å². The third-order valence-corrected chi connectivity index (χ3v) is 21.8. The van der Waals surface area contributed by atoms with Gasteiger partial charge in [-0.1, -0.05) is 0 Å². The first kappa shape index (κ1) is 23.5. The summed E-state index contributed by atoms with van der Waals surface area (Å²) in [5.74, 6) is 0.314. The topological polar surface area (TPSA) is 17.1 Å². The molecule has 2 heteroatoms. The Morgan fingerprint density at radius 2 is 1.35 bits per heavy atom. The van der Waals surface area contributed by atoms with E-state index in [-0.39, 0.29) is 5.92 Å². The summed E-state index contributed by atoms with van der Waals surface area (Å²) in [7, 11) is 0. The molecular weight excluding hydrogens is 423 g/mol. The summed E-state index contributed by atoms with van der Waals surface area (Å²) in [6.07, 6.45) is 8.29. The zero-order chi connectivity index (χ0) is 19.4. The molecular formula is C24H40OSn. The predicted molar refractivity (Wildman–Crippen MR) is 119 cm³/mol. The molecule has 26 heavy (non-hydrogen) atoms. The van der Waals surface area contributed by atoms with E-state index in [9.17, 15) is 4.79 Å². The van der Waals surface area contributed by atoms with Gasteiger partial charge in [-0.25, -0.2) is 0 Å². The van der Waals surface area contributed by atoms with Gasteiger partial charge >= 0.3 is 167 Å². The summed E-state index contributed by atoms with van der Waals surface area (Å²) in [5.41, 5.74) is 1.18. The van der Waals surface area contributed by atoms with Gasteiger partial charge < -0.3 is 0 Å². The normalized spacial score (nSPS) is 12.8. The number of hydrogen-bond acceptors (Lipinski definition) is 1. The van der Waals surface area contributed by atoms with E-state index in [1.807, 2.05) is 13.0 Å². The van der Waals surface area contributed by atoms with Crippen molar-refractivity contribution in [3.8, 4) is 0 Å². The maximum absolute atomic E-state index is 13.0. The van der Waals surface area contributed by atoms with Crippen LogP contribution in [0.2, 0.25) is 13.3 Å². The Hall–Kier alpha value is -0.571. The third-order valence-electron chi connectivity index (χ3n) is 5.86. The van der Waals surface area contributed by atoms with Crippen LogP contribution in [0.4, 0.5) is 0 Å². The molecule has 1 nitrogen and oxygen atoms in total. The molecule has 0 saturated heterocycles. The quantitative estimate of drug-likeness (QED) is 0.259. The minimum absolute atomic E-state index is 0.0532. The molecule has 1 aromatic rings. The zero-order valence-corrected chi connectivity index (χ0v) is 20.5. The third kappa shape index (κ3) is 6.55. The molecule has 0 bridgehead atoms. The Bertz CT molecular complexity index is 513. The Kier molecular flexibility index (Phi) is 11.5. The van der Waals surface area contributed by atoms with Crippen molar-refractivity contribution < 1.29 is 4.79 Å². The number of hydrogen-bond donors (Lipinski definition) is 0. The molecule has 1 rings (SSSR count). The number of unbranched alkanes of at least 4 members (excludes halogenated alkanes) is 3. The Morgan fingerprint density at radius 3 is 1.73 bits per heavy atom. The monoisotopic (exact) mass is 464 g/mol. The fourth-order valence-corrected chi connectivity index (χ4v) is 20.5. The summed E-state index contributed by atoms with van der Waals surface area (Å²) in [6.45, 7) is 13.6. The van der Waals surface area contributed by atoms with E-state index in [2.05, 4.69) is 45.0 Å². The molecule has 0 fully saturated rings. The van der Waals surface area contributed by atoms with Crippen molar-refractivity contribution in [3.63, 3.8) is 0 Å². The minimum atomic E-state index is -2.63. The first-order valence-corrected chi connectivity index (χ1v) is 18.3. The van der Waals surface area contributed by atoms with E-state index in [1.54, 1.807) is 0 Å². The molecule has 1 aromatic carbocycles. The second kappa shape index (κ2) is 12.8. The molecule has 1 atom stereocenters. The van der Waals surface area contributed by atoms with Crippen molar-refractivity contribution in [2.45, 2.75) is 91.9 Å². The Morgan fingerprint density at radius 1 is 0.885 bits per heavy atom. The summed E-state index contributed by atoms with van der Waals surface area (Å²) < 4.78 is 5.53. The molecule has 0 heterocycles. The van der Waals surface area contributed by atoms with E-state index >= 15 is 0 Å². The van der Waals surface area contributed by atoms with Crippen LogP contribution in [0.3, 0.4) is 0 Å². The van der Waals surface area contributed by atoms with Crippen molar-refractivity contribution in [2.75, 3.05) is 0 Å². The number of rotatable bonds is 14. The molecule has 0 N–H and O–H groups in total. The second-order valence-electron chi connectivity index (χ2n) is 7.78. The van der Waals surface area contributed by atoms with Gasteiger partial charge in [0.25, 0.3) is 0 Å². The van der Waals surface area contributed by atoms with Crippen LogP contribution in [0.1, 0.15) is 84.1 Å². The summed E-state index contributed by atoms with van der Waals surface area (Å²) in [6, 6.07) is 10.5. The van der Waals surface area contributed by atoms with E-state index in [0.717, 1.165) is 0 Å². The van der Waals surface area contributed by atoms with E-state index in [4.69, 9.17) is 6.58 Å². The molecule has 0 aliphatic rings. The second-order valence-corrected chi connectivity index (χ2v) is 21.2. The molecule has 146 valence electrons. The molecule has 0 aliphatic heterocycles. The fraction of sp³-hybridized carbons (Fsp3) is 0.625. The first-order valence-electron chi connectivity index (χ1n) is 10.8. The zero-order valence-electron chi connectivity index (χ0n) is 17.7. The van der Waals surface area contributed by atoms with Crippen LogP contribution in [0, 0.1) is 0 Å². The van der Waals surface area contributed by atoms with Gasteiger partial charge in [0, 0.05) is 0 Å². The summed E-state index contributed by atoms with van der Waals surface area (Å²) >= 11 is -2.63. The number of carbonyl (C=O) groups excluding carboxylic acids is 1. The number of allylic oxidation sites excluding steroid dienone is 1. The maximum atomic E-state index is 13.0. The van der Waals surface area contributed by atoms with Gasteiger partial charge in [0.2, 0.25) is 0 Å². The van der Waals surface area contributed by atoms with Crippen LogP contribution in [-0.4, -0.2) is 24.2 Å². The molecule has 0 aromatic heterocycles. The molecule has 0 aliphatic carbocycles. The van der Waals surface area contributed by atoms with E-state index < -0.39 is 18.4 Å². The Balaban J connectivity index is 3.31. The molecule has 1 unspecified atom stereocenters. The summed E-state index contributed by atoms with van der Waals surface area (Å²) in [4.78, 5) is 13.0. The number of Topliss-reactive ketones (excluding diaryl/α,β-unsaturated/α-hetero) is 1. The average Bonchev–Trinajstić information content (AvgIpc) is 2.68. The number of carbonyl (C=O) groups is 1. The van der Waals surface area contributed by atoms with Crippen molar-refractivity contribution >= 4 is 24.2 Å². The van der Waals surface area contributed by atoms with Crippen molar-refractivity contribution in [2.24, 2.45) is 0 Å². The fourth-order valence-electron chi connectivity index (χ4n) is 4.14. The van der Waals surface area contributed by atoms with Gasteiger partial charge in [0.05, 0.1) is 0 Å². The van der Waals surface area contributed by atoms with Crippen LogP contribution >= 0.6 is 0 Å². The Labute approximate surface area is 166 Å². The molecule has 0 amide bonds. The molecule has 0 spiro atoms. The average molecular weight is 463 g/mol. The van der Waals surface area contributed by atoms with Gasteiger partial charge in [-0.3, -0.25) is 0 Å². The van der Waals surface area contributed by atoms with E-state index in [0.29, 0.717) is 12.2 Å². The van der Waals surface area contributed by atoms with Crippen LogP contribution in [-0.2, 0) is 4.79 Å². The first-order chi connectivity index (χ1) is 12.6. The van der Waals surface area contributed by atoms with Gasteiger partial charge in [-0.05, 0) is 0 Å². The van der Waals surface area contributed by atoms with Gasteiger partial charge in [-0.2, -0.15) is 0 Å². The summed E-state index contributed by atoms with van der Waals surface area (Å²) in [5, 5.41) is 0. The van der Waals surface area contributed by atoms with Crippen molar-refractivity contribution in [1.82, 2.24) is 0 Å². The van der Waals surface area contributed by atoms with Gasteiger partial charge in [-0.15, -0.1) is 0 Å². The SMILES string of the molecule is C=[C](C(C(=O)CC)c1ccccc1)[Sn]([CH2]CCC)([CH2]CCC)[CH2]CCC.